The summed E-state index contributed by atoms with van der Waals surface area (Å²) in [5.41, 5.74) is 5.92. The second kappa shape index (κ2) is 11.1. The van der Waals surface area contributed by atoms with E-state index in [2.05, 4.69) is 27.0 Å². The van der Waals surface area contributed by atoms with Crippen molar-refractivity contribution in [2.24, 2.45) is 0 Å². The lowest BCUT2D eigenvalue weighted by molar-refractivity contribution is 0.0951. The highest BCUT2D eigenvalue weighted by Crippen LogP contribution is 2.27. The molecule has 7 heteroatoms. The smallest absolute Gasteiger partial charge is 0.251 e. The van der Waals surface area contributed by atoms with Crippen LogP contribution >= 0.6 is 11.8 Å². The van der Waals surface area contributed by atoms with E-state index in [0.717, 1.165) is 45.4 Å². The number of hydrogen-bond acceptors (Lipinski definition) is 5. The molecule has 0 aliphatic rings. The van der Waals surface area contributed by atoms with Gasteiger partial charge in [-0.1, -0.05) is 66.4 Å². The van der Waals surface area contributed by atoms with Gasteiger partial charge in [0.1, 0.15) is 5.75 Å². The molecule has 0 radical (unpaired) electrons. The van der Waals surface area contributed by atoms with Crippen LogP contribution in [0.4, 0.5) is 0 Å². The summed E-state index contributed by atoms with van der Waals surface area (Å²) < 4.78 is 7.46. The molecule has 5 rings (SSSR count). The van der Waals surface area contributed by atoms with Crippen molar-refractivity contribution < 1.29 is 9.53 Å². The van der Waals surface area contributed by atoms with Gasteiger partial charge in [-0.2, -0.15) is 0 Å². The fraction of sp³-hybridized carbons (Fsp3) is 0.138. The van der Waals surface area contributed by atoms with Gasteiger partial charge < -0.3 is 14.6 Å². The largest absolute Gasteiger partial charge is 0.497 e. The monoisotopic (exact) mass is 494 g/mol. The number of rotatable bonds is 9. The molecule has 0 saturated heterocycles. The van der Waals surface area contributed by atoms with E-state index in [1.54, 1.807) is 25.1 Å². The molecule has 0 saturated carbocycles. The van der Waals surface area contributed by atoms with Crippen molar-refractivity contribution in [2.75, 3.05) is 7.11 Å². The SMILES string of the molecule is COc1cccc(CNC(=O)c2ccc(CSc3nc4ccncc4n3Cc3ccccc3)cc2)c1. The highest BCUT2D eigenvalue weighted by Gasteiger charge is 2.13. The number of pyridine rings is 1. The van der Waals surface area contributed by atoms with E-state index in [0.29, 0.717) is 12.1 Å². The number of nitrogens with zero attached hydrogens (tertiary/aromatic N) is 3. The summed E-state index contributed by atoms with van der Waals surface area (Å²) in [4.78, 5) is 21.8. The first-order chi connectivity index (χ1) is 17.7. The maximum Gasteiger partial charge on any atom is 0.251 e. The molecule has 5 aromatic rings. The van der Waals surface area contributed by atoms with Crippen LogP contribution in [0, 0.1) is 0 Å². The quantitative estimate of drug-likeness (QED) is 0.266. The molecule has 36 heavy (non-hydrogen) atoms. The molecule has 0 fully saturated rings. The lowest BCUT2D eigenvalue weighted by Gasteiger charge is -2.10. The van der Waals surface area contributed by atoms with Gasteiger partial charge in [0.15, 0.2) is 5.16 Å². The first-order valence-electron chi connectivity index (χ1n) is 11.7. The van der Waals surface area contributed by atoms with Crippen LogP contribution < -0.4 is 10.1 Å². The molecule has 0 atom stereocenters. The maximum absolute atomic E-state index is 12.6. The molecule has 2 aromatic heterocycles. The van der Waals surface area contributed by atoms with Crippen LogP contribution in [0.5, 0.6) is 5.75 Å². The minimum Gasteiger partial charge on any atom is -0.497 e. The molecule has 2 heterocycles. The fourth-order valence-electron chi connectivity index (χ4n) is 3.94. The number of fused-ring (bicyclic) bond motifs is 1. The zero-order valence-corrected chi connectivity index (χ0v) is 20.7. The molecular weight excluding hydrogens is 468 g/mol. The summed E-state index contributed by atoms with van der Waals surface area (Å²) >= 11 is 1.68. The van der Waals surface area contributed by atoms with Gasteiger partial charge in [-0.05, 0) is 47.0 Å². The molecule has 0 spiro atoms. The third-order valence-electron chi connectivity index (χ3n) is 5.87. The van der Waals surface area contributed by atoms with E-state index >= 15 is 0 Å². The first-order valence-corrected chi connectivity index (χ1v) is 12.7. The van der Waals surface area contributed by atoms with Gasteiger partial charge in [0.05, 0.1) is 30.9 Å². The number of thioether (sulfide) groups is 1. The zero-order valence-electron chi connectivity index (χ0n) is 19.9. The summed E-state index contributed by atoms with van der Waals surface area (Å²) in [5.74, 6) is 1.42. The molecule has 180 valence electrons. The van der Waals surface area contributed by atoms with E-state index in [-0.39, 0.29) is 5.91 Å². The number of hydrogen-bond donors (Lipinski definition) is 1. The van der Waals surface area contributed by atoms with Crippen LogP contribution in [0.25, 0.3) is 11.0 Å². The van der Waals surface area contributed by atoms with Crippen molar-refractivity contribution in [1.29, 1.82) is 0 Å². The lowest BCUT2D eigenvalue weighted by Crippen LogP contribution is -2.22. The molecule has 0 aliphatic carbocycles. The van der Waals surface area contributed by atoms with Gasteiger partial charge in [-0.3, -0.25) is 9.78 Å². The molecule has 1 N–H and O–H groups in total. The van der Waals surface area contributed by atoms with Gasteiger partial charge in [0.25, 0.3) is 5.91 Å². The Balaban J connectivity index is 1.24. The average molecular weight is 495 g/mol. The second-order valence-corrected chi connectivity index (χ2v) is 9.29. The number of nitrogens with one attached hydrogen (secondary N) is 1. The van der Waals surface area contributed by atoms with Crippen LogP contribution in [0.3, 0.4) is 0 Å². The number of carbonyl (C=O) groups excluding carboxylic acids is 1. The summed E-state index contributed by atoms with van der Waals surface area (Å²) in [5, 5.41) is 3.92. The topological polar surface area (TPSA) is 69.0 Å². The maximum atomic E-state index is 12.6. The molecule has 6 nitrogen and oxygen atoms in total. The number of imidazole rings is 1. The Morgan fingerprint density at radius 1 is 0.944 bits per heavy atom. The number of carbonyl (C=O) groups is 1. The number of amides is 1. The first kappa shape index (κ1) is 23.6. The Morgan fingerprint density at radius 2 is 1.75 bits per heavy atom. The predicted octanol–water partition coefficient (Wildman–Crippen LogP) is 5.71. The highest BCUT2D eigenvalue weighted by atomic mass is 32.2. The normalized spacial score (nSPS) is 10.9. The van der Waals surface area contributed by atoms with Crippen molar-refractivity contribution in [3.63, 3.8) is 0 Å². The zero-order chi connectivity index (χ0) is 24.7. The van der Waals surface area contributed by atoms with E-state index in [9.17, 15) is 4.79 Å². The van der Waals surface area contributed by atoms with Crippen LogP contribution in [-0.2, 0) is 18.8 Å². The molecular formula is C29H26N4O2S. The summed E-state index contributed by atoms with van der Waals surface area (Å²) in [6.45, 7) is 1.18. The van der Waals surface area contributed by atoms with Crippen molar-refractivity contribution in [3.05, 3.63) is 120 Å². The van der Waals surface area contributed by atoms with Crippen LogP contribution in [0.15, 0.2) is 102 Å². The standard InChI is InChI=1S/C29H26N4O2S/c1-35-25-9-5-8-23(16-25)17-31-28(34)24-12-10-22(11-13-24)20-36-29-32-26-14-15-30-18-27(26)33(29)19-21-6-3-2-4-7-21/h2-16,18H,17,19-20H2,1H3,(H,31,34). The summed E-state index contributed by atoms with van der Waals surface area (Å²) in [6.07, 6.45) is 3.64. The van der Waals surface area contributed by atoms with Gasteiger partial charge >= 0.3 is 0 Å². The van der Waals surface area contributed by atoms with Gasteiger partial charge in [0, 0.05) is 24.1 Å². The minimum absolute atomic E-state index is 0.103. The van der Waals surface area contributed by atoms with E-state index < -0.39 is 0 Å². The Labute approximate surface area is 214 Å². The Hall–Kier alpha value is -4.10. The van der Waals surface area contributed by atoms with E-state index in [1.165, 1.54) is 5.56 Å². The summed E-state index contributed by atoms with van der Waals surface area (Å²) in [7, 11) is 1.63. The molecule has 0 bridgehead atoms. The van der Waals surface area contributed by atoms with E-state index in [1.807, 2.05) is 79.0 Å². The predicted molar refractivity (Wildman–Crippen MR) is 143 cm³/mol. The second-order valence-electron chi connectivity index (χ2n) is 8.35. The van der Waals surface area contributed by atoms with E-state index in [4.69, 9.17) is 9.72 Å². The number of benzene rings is 3. The number of methoxy groups -OCH3 is 1. The minimum atomic E-state index is -0.103. The van der Waals surface area contributed by atoms with Gasteiger partial charge in [-0.15, -0.1) is 0 Å². The van der Waals surface area contributed by atoms with Crippen LogP contribution in [0.1, 0.15) is 27.0 Å². The third-order valence-corrected chi connectivity index (χ3v) is 6.92. The number of aromatic nitrogens is 3. The molecule has 0 unspecified atom stereocenters. The van der Waals surface area contributed by atoms with Crippen LogP contribution in [-0.4, -0.2) is 27.6 Å². The highest BCUT2D eigenvalue weighted by molar-refractivity contribution is 7.98. The van der Waals surface area contributed by atoms with Gasteiger partial charge in [0.2, 0.25) is 0 Å². The van der Waals surface area contributed by atoms with Crippen molar-refractivity contribution >= 4 is 28.7 Å². The molecule has 1 amide bonds. The molecule has 3 aromatic carbocycles. The third kappa shape index (κ3) is 5.58. The van der Waals surface area contributed by atoms with Crippen molar-refractivity contribution in [2.45, 2.75) is 24.0 Å². The fourth-order valence-corrected chi connectivity index (χ4v) is 4.91. The Kier molecular flexibility index (Phi) is 7.28. The molecule has 0 aliphatic heterocycles. The lowest BCUT2D eigenvalue weighted by atomic mass is 10.1. The average Bonchev–Trinajstić information content (AvgIpc) is 3.28. The van der Waals surface area contributed by atoms with Crippen molar-refractivity contribution in [3.8, 4) is 5.75 Å². The Bertz CT molecular complexity index is 1470. The number of ether oxygens (including phenoxy) is 1. The van der Waals surface area contributed by atoms with Crippen molar-refractivity contribution in [1.82, 2.24) is 19.9 Å². The van der Waals surface area contributed by atoms with Crippen LogP contribution in [0.2, 0.25) is 0 Å². The van der Waals surface area contributed by atoms with Gasteiger partial charge in [-0.25, -0.2) is 4.98 Å². The Morgan fingerprint density at radius 3 is 2.56 bits per heavy atom. The summed E-state index contributed by atoms with van der Waals surface area (Å²) in [6, 6.07) is 27.7.